The molecule has 2 amide bonds. The van der Waals surface area contributed by atoms with Gasteiger partial charge in [-0.3, -0.25) is 14.1 Å². The van der Waals surface area contributed by atoms with E-state index < -0.39 is 15.9 Å². The molecule has 0 heterocycles. The topological polar surface area (TPSA) is 95.0 Å². The van der Waals surface area contributed by atoms with Gasteiger partial charge in [-0.25, -0.2) is 0 Å². The number of nitrogens with zero attached hydrogens (tertiary/aromatic N) is 2. The van der Waals surface area contributed by atoms with Gasteiger partial charge >= 0.3 is 0 Å². The molecule has 8 heteroatoms. The fourth-order valence-corrected chi connectivity index (χ4v) is 2.66. The average molecular weight is 360 g/mol. The first kappa shape index (κ1) is 22.3. The molecule has 0 radical (unpaired) electrons. The summed E-state index contributed by atoms with van der Waals surface area (Å²) in [6.45, 7) is 10.7. The Labute approximate surface area is 144 Å². The molecule has 0 aromatic heterocycles. The van der Waals surface area contributed by atoms with Crippen LogP contribution in [0.15, 0.2) is 25.3 Å². The van der Waals surface area contributed by atoms with Crippen LogP contribution in [0.2, 0.25) is 0 Å². The van der Waals surface area contributed by atoms with Crippen LogP contribution in [0.25, 0.3) is 0 Å². The van der Waals surface area contributed by atoms with Crippen molar-refractivity contribution < 1.29 is 22.6 Å². The van der Waals surface area contributed by atoms with E-state index in [1.807, 2.05) is 6.92 Å². The van der Waals surface area contributed by atoms with E-state index in [1.54, 1.807) is 4.90 Å². The summed E-state index contributed by atoms with van der Waals surface area (Å²) < 4.78 is 30.2. The number of carbonyl (C=O) groups excluding carboxylic acids is 2. The van der Waals surface area contributed by atoms with Crippen LogP contribution in [0.5, 0.6) is 0 Å². The highest BCUT2D eigenvalue weighted by Gasteiger charge is 2.14. The monoisotopic (exact) mass is 360 g/mol. The van der Waals surface area contributed by atoms with Crippen LogP contribution < -0.4 is 0 Å². The summed E-state index contributed by atoms with van der Waals surface area (Å²) in [4.78, 5) is 26.7. The molecule has 0 atom stereocenters. The van der Waals surface area contributed by atoms with Gasteiger partial charge < -0.3 is 9.80 Å². The number of hydrogen-bond acceptors (Lipinski definition) is 4. The van der Waals surface area contributed by atoms with Gasteiger partial charge in [0.25, 0.3) is 10.1 Å². The van der Waals surface area contributed by atoms with Gasteiger partial charge in [0.15, 0.2) is 0 Å². The zero-order valence-electron chi connectivity index (χ0n) is 14.3. The third-order valence-electron chi connectivity index (χ3n) is 3.44. The van der Waals surface area contributed by atoms with Crippen LogP contribution in [-0.2, 0) is 19.7 Å². The SMILES string of the molecule is C=CC(=O)N(CCCC)CCCN(CCCS(=O)(=O)O)C(=O)C=C. The summed E-state index contributed by atoms with van der Waals surface area (Å²) in [7, 11) is -4.04. The Balaban J connectivity index is 4.51. The molecule has 0 bridgehead atoms. The lowest BCUT2D eigenvalue weighted by atomic mass is 10.2. The van der Waals surface area contributed by atoms with Crippen molar-refractivity contribution in [3.05, 3.63) is 25.3 Å². The quantitative estimate of drug-likeness (QED) is 0.396. The van der Waals surface area contributed by atoms with Crippen LogP contribution in [0, 0.1) is 0 Å². The molecule has 0 aliphatic heterocycles. The Bertz CT molecular complexity index is 531. The van der Waals surface area contributed by atoms with Crippen LogP contribution in [-0.4, -0.2) is 66.5 Å². The second-order valence-corrected chi connectivity index (χ2v) is 6.98. The molecule has 7 nitrogen and oxygen atoms in total. The van der Waals surface area contributed by atoms with Gasteiger partial charge in [-0.2, -0.15) is 8.42 Å². The summed E-state index contributed by atoms with van der Waals surface area (Å²) in [5, 5.41) is 0. The minimum absolute atomic E-state index is 0.142. The van der Waals surface area contributed by atoms with Gasteiger partial charge in [0.05, 0.1) is 5.75 Å². The molecule has 138 valence electrons. The molecule has 1 N–H and O–H groups in total. The summed E-state index contributed by atoms with van der Waals surface area (Å²) in [5.41, 5.74) is 0. The van der Waals surface area contributed by atoms with Crippen LogP contribution in [0.1, 0.15) is 32.6 Å². The van der Waals surface area contributed by atoms with Crippen molar-refractivity contribution in [2.24, 2.45) is 0 Å². The molecule has 0 aliphatic rings. The first-order valence-electron chi connectivity index (χ1n) is 8.03. The van der Waals surface area contributed by atoms with Gasteiger partial charge in [0, 0.05) is 26.2 Å². The summed E-state index contributed by atoms with van der Waals surface area (Å²) in [6, 6.07) is 0. The summed E-state index contributed by atoms with van der Waals surface area (Å²) in [6.07, 6.45) is 5.00. The Hall–Kier alpha value is -1.67. The van der Waals surface area contributed by atoms with E-state index in [2.05, 4.69) is 13.2 Å². The third kappa shape index (κ3) is 10.2. The Morgan fingerprint density at radius 1 is 0.917 bits per heavy atom. The smallest absolute Gasteiger partial charge is 0.264 e. The number of rotatable bonds is 13. The molecular weight excluding hydrogens is 332 g/mol. The molecule has 24 heavy (non-hydrogen) atoms. The first-order chi connectivity index (χ1) is 11.2. The number of carbonyl (C=O) groups is 2. The summed E-state index contributed by atoms with van der Waals surface area (Å²) in [5.74, 6) is -0.845. The first-order valence-corrected chi connectivity index (χ1v) is 9.64. The zero-order valence-corrected chi connectivity index (χ0v) is 15.1. The van der Waals surface area contributed by atoms with Gasteiger partial charge in [-0.1, -0.05) is 26.5 Å². The predicted molar refractivity (Wildman–Crippen MR) is 94.1 cm³/mol. The maximum atomic E-state index is 11.8. The maximum absolute atomic E-state index is 11.8. The van der Waals surface area contributed by atoms with E-state index in [0.29, 0.717) is 26.1 Å². The number of unbranched alkanes of at least 4 members (excludes halogenated alkanes) is 1. The third-order valence-corrected chi connectivity index (χ3v) is 4.25. The second kappa shape index (κ2) is 11.8. The normalized spacial score (nSPS) is 10.9. The molecule has 0 aliphatic carbocycles. The minimum Gasteiger partial charge on any atom is -0.339 e. The van der Waals surface area contributed by atoms with E-state index in [4.69, 9.17) is 4.55 Å². The fraction of sp³-hybridized carbons (Fsp3) is 0.625. The minimum atomic E-state index is -4.04. The lowest BCUT2D eigenvalue weighted by Crippen LogP contribution is -2.36. The maximum Gasteiger partial charge on any atom is 0.264 e. The fourth-order valence-electron chi connectivity index (χ4n) is 2.16. The summed E-state index contributed by atoms with van der Waals surface area (Å²) >= 11 is 0. The largest absolute Gasteiger partial charge is 0.339 e. The molecule has 0 spiro atoms. The zero-order chi connectivity index (χ0) is 18.6. The van der Waals surface area contributed by atoms with Gasteiger partial charge in [-0.15, -0.1) is 0 Å². The van der Waals surface area contributed by atoms with Crippen molar-refractivity contribution in [2.75, 3.05) is 31.9 Å². The lowest BCUT2D eigenvalue weighted by Gasteiger charge is -2.25. The molecule has 0 fully saturated rings. The number of hydrogen-bond donors (Lipinski definition) is 1. The highest BCUT2D eigenvalue weighted by atomic mass is 32.2. The molecule has 0 rings (SSSR count). The molecule has 0 saturated carbocycles. The van der Waals surface area contributed by atoms with Crippen LogP contribution in [0.4, 0.5) is 0 Å². The van der Waals surface area contributed by atoms with Crippen molar-refractivity contribution in [3.8, 4) is 0 Å². The standard InChI is InChI=1S/C16H28N2O5S/c1-4-7-10-17(15(19)5-2)11-8-12-18(16(20)6-3)13-9-14-24(21,22)23/h5-6H,2-4,7-14H2,1H3,(H,21,22,23). The molecule has 0 aromatic carbocycles. The van der Waals surface area contributed by atoms with E-state index >= 15 is 0 Å². The van der Waals surface area contributed by atoms with Crippen molar-refractivity contribution >= 4 is 21.9 Å². The van der Waals surface area contributed by atoms with E-state index in [9.17, 15) is 18.0 Å². The molecule has 0 aromatic rings. The second-order valence-electron chi connectivity index (χ2n) is 5.41. The Morgan fingerprint density at radius 3 is 1.71 bits per heavy atom. The average Bonchev–Trinajstić information content (AvgIpc) is 2.53. The van der Waals surface area contributed by atoms with E-state index in [0.717, 1.165) is 18.9 Å². The highest BCUT2D eigenvalue weighted by molar-refractivity contribution is 7.85. The predicted octanol–water partition coefficient (Wildman–Crippen LogP) is 1.48. The van der Waals surface area contributed by atoms with Crippen molar-refractivity contribution in [2.45, 2.75) is 32.6 Å². The highest BCUT2D eigenvalue weighted by Crippen LogP contribution is 2.03. The lowest BCUT2D eigenvalue weighted by molar-refractivity contribution is -0.126. The van der Waals surface area contributed by atoms with E-state index in [-0.39, 0.29) is 24.8 Å². The number of amides is 2. The Morgan fingerprint density at radius 2 is 1.33 bits per heavy atom. The van der Waals surface area contributed by atoms with E-state index in [1.165, 1.54) is 11.0 Å². The molecule has 0 saturated heterocycles. The van der Waals surface area contributed by atoms with Crippen molar-refractivity contribution in [1.82, 2.24) is 9.80 Å². The Kier molecular flexibility index (Phi) is 11.0. The van der Waals surface area contributed by atoms with Gasteiger partial charge in [0.1, 0.15) is 0 Å². The van der Waals surface area contributed by atoms with Gasteiger partial charge in [0.2, 0.25) is 11.8 Å². The van der Waals surface area contributed by atoms with Crippen LogP contribution in [0.3, 0.4) is 0 Å². The van der Waals surface area contributed by atoms with Crippen molar-refractivity contribution in [1.29, 1.82) is 0 Å². The molecular formula is C16H28N2O5S. The van der Waals surface area contributed by atoms with Crippen molar-refractivity contribution in [3.63, 3.8) is 0 Å². The molecule has 0 unspecified atom stereocenters. The van der Waals surface area contributed by atoms with Crippen LogP contribution >= 0.6 is 0 Å². The van der Waals surface area contributed by atoms with Gasteiger partial charge in [-0.05, 0) is 31.4 Å².